The van der Waals surface area contributed by atoms with E-state index >= 15 is 0 Å². The normalized spacial score (nSPS) is 10.6. The van der Waals surface area contributed by atoms with Gasteiger partial charge in [0.2, 0.25) is 0 Å². The average molecular weight is 229 g/mol. The highest BCUT2D eigenvalue weighted by Gasteiger charge is 2.07. The lowest BCUT2D eigenvalue weighted by molar-refractivity contribution is -0.119. The Morgan fingerprint density at radius 1 is 1.50 bits per heavy atom. The number of thioether (sulfide) groups is 1. The first kappa shape index (κ1) is 11.6. The maximum Gasteiger partial charge on any atom is 0.145 e. The van der Waals surface area contributed by atoms with Crippen molar-refractivity contribution in [2.45, 2.75) is 18.7 Å². The summed E-state index contributed by atoms with van der Waals surface area (Å²) in [6.45, 7) is 3.84. The molecule has 0 aliphatic rings. The van der Waals surface area contributed by atoms with Gasteiger partial charge in [-0.15, -0.1) is 11.8 Å². The Labute approximate surface area is 93.8 Å². The van der Waals surface area contributed by atoms with Crippen LogP contribution in [0.3, 0.4) is 0 Å². The van der Waals surface area contributed by atoms with Crippen molar-refractivity contribution in [1.29, 1.82) is 0 Å². The molecule has 0 bridgehead atoms. The SMILES string of the molecule is CC(C)C(=O)CSc1cccc(Cl)c1. The van der Waals surface area contributed by atoms with Crippen LogP contribution in [-0.2, 0) is 4.79 Å². The largest absolute Gasteiger partial charge is 0.298 e. The third kappa shape index (κ3) is 3.72. The van der Waals surface area contributed by atoms with Crippen LogP contribution >= 0.6 is 23.4 Å². The van der Waals surface area contributed by atoms with E-state index in [9.17, 15) is 4.79 Å². The Bertz CT molecular complexity index is 323. The molecule has 0 amide bonds. The Hall–Kier alpha value is -0.470. The van der Waals surface area contributed by atoms with Crippen LogP contribution in [0.1, 0.15) is 13.8 Å². The summed E-state index contributed by atoms with van der Waals surface area (Å²) < 4.78 is 0. The molecule has 0 aliphatic heterocycles. The van der Waals surface area contributed by atoms with Crippen LogP contribution in [0.4, 0.5) is 0 Å². The van der Waals surface area contributed by atoms with Gasteiger partial charge in [-0.1, -0.05) is 31.5 Å². The number of ketones is 1. The second kappa shape index (κ2) is 5.42. The van der Waals surface area contributed by atoms with E-state index in [-0.39, 0.29) is 11.7 Å². The zero-order valence-electron chi connectivity index (χ0n) is 8.29. The van der Waals surface area contributed by atoms with Gasteiger partial charge in [0.15, 0.2) is 0 Å². The molecule has 0 atom stereocenters. The van der Waals surface area contributed by atoms with Crippen LogP contribution in [-0.4, -0.2) is 11.5 Å². The van der Waals surface area contributed by atoms with E-state index in [1.165, 1.54) is 11.8 Å². The fourth-order valence-electron chi connectivity index (χ4n) is 0.878. The molecule has 0 radical (unpaired) electrons. The standard InChI is InChI=1S/C11H13ClOS/c1-8(2)11(13)7-14-10-5-3-4-9(12)6-10/h3-6,8H,7H2,1-2H3. The van der Waals surface area contributed by atoms with Crippen molar-refractivity contribution < 1.29 is 4.79 Å². The molecule has 1 aromatic rings. The van der Waals surface area contributed by atoms with Crippen molar-refractivity contribution >= 4 is 29.1 Å². The predicted molar refractivity (Wildman–Crippen MR) is 62.0 cm³/mol. The van der Waals surface area contributed by atoms with Crippen LogP contribution in [0, 0.1) is 5.92 Å². The maximum absolute atomic E-state index is 11.3. The monoisotopic (exact) mass is 228 g/mol. The van der Waals surface area contributed by atoms with E-state index in [0.29, 0.717) is 10.8 Å². The number of carbonyl (C=O) groups excluding carboxylic acids is 1. The second-order valence-corrected chi connectivity index (χ2v) is 4.85. The predicted octanol–water partition coefficient (Wildman–Crippen LogP) is 3.66. The Morgan fingerprint density at radius 2 is 2.21 bits per heavy atom. The molecule has 0 aromatic heterocycles. The van der Waals surface area contributed by atoms with Crippen molar-refractivity contribution in [3.8, 4) is 0 Å². The smallest absolute Gasteiger partial charge is 0.145 e. The first-order valence-electron chi connectivity index (χ1n) is 4.50. The highest BCUT2D eigenvalue weighted by Crippen LogP contribution is 2.22. The van der Waals surface area contributed by atoms with Gasteiger partial charge < -0.3 is 0 Å². The van der Waals surface area contributed by atoms with Crippen LogP contribution in [0.15, 0.2) is 29.2 Å². The van der Waals surface area contributed by atoms with Crippen molar-refractivity contribution in [3.63, 3.8) is 0 Å². The van der Waals surface area contributed by atoms with Crippen molar-refractivity contribution in [2.24, 2.45) is 5.92 Å². The lowest BCUT2D eigenvalue weighted by Crippen LogP contribution is -2.09. The molecule has 1 aromatic carbocycles. The number of halogens is 1. The summed E-state index contributed by atoms with van der Waals surface area (Å²) in [6.07, 6.45) is 0. The summed E-state index contributed by atoms with van der Waals surface area (Å²) in [5, 5.41) is 0.715. The minimum atomic E-state index is 0.113. The second-order valence-electron chi connectivity index (χ2n) is 3.37. The molecule has 0 fully saturated rings. The highest BCUT2D eigenvalue weighted by atomic mass is 35.5. The van der Waals surface area contributed by atoms with Gasteiger partial charge >= 0.3 is 0 Å². The molecule has 0 heterocycles. The number of carbonyl (C=O) groups is 1. The molecule has 0 aliphatic carbocycles. The molecule has 1 nitrogen and oxygen atoms in total. The summed E-state index contributed by atoms with van der Waals surface area (Å²) in [4.78, 5) is 12.4. The summed E-state index contributed by atoms with van der Waals surface area (Å²) in [7, 11) is 0. The van der Waals surface area contributed by atoms with E-state index < -0.39 is 0 Å². The van der Waals surface area contributed by atoms with Crippen LogP contribution in [0.2, 0.25) is 5.02 Å². The van der Waals surface area contributed by atoms with E-state index in [1.807, 2.05) is 38.1 Å². The van der Waals surface area contributed by atoms with Gasteiger partial charge in [0.1, 0.15) is 5.78 Å². The summed E-state index contributed by atoms with van der Waals surface area (Å²) in [5.74, 6) is 0.912. The Morgan fingerprint density at radius 3 is 2.79 bits per heavy atom. The molecular formula is C11H13ClOS. The van der Waals surface area contributed by atoms with Gasteiger partial charge in [-0.3, -0.25) is 4.79 Å². The number of hydrogen-bond donors (Lipinski definition) is 0. The zero-order valence-corrected chi connectivity index (χ0v) is 9.86. The highest BCUT2D eigenvalue weighted by molar-refractivity contribution is 8.00. The minimum absolute atomic E-state index is 0.113. The summed E-state index contributed by atoms with van der Waals surface area (Å²) in [6, 6.07) is 7.56. The number of benzene rings is 1. The molecule has 0 unspecified atom stereocenters. The van der Waals surface area contributed by atoms with E-state index in [0.717, 1.165) is 4.90 Å². The van der Waals surface area contributed by atoms with E-state index in [2.05, 4.69) is 0 Å². The van der Waals surface area contributed by atoms with Gasteiger partial charge in [0.25, 0.3) is 0 Å². The third-order valence-electron chi connectivity index (χ3n) is 1.82. The zero-order chi connectivity index (χ0) is 10.6. The first-order chi connectivity index (χ1) is 6.59. The Kier molecular flexibility index (Phi) is 4.49. The van der Waals surface area contributed by atoms with Crippen LogP contribution in [0.5, 0.6) is 0 Å². The lowest BCUT2D eigenvalue weighted by Gasteiger charge is -2.03. The molecule has 0 spiro atoms. The number of Topliss-reactive ketones (excluding diaryl/α,β-unsaturated/α-hetero) is 1. The average Bonchev–Trinajstić information content (AvgIpc) is 2.14. The van der Waals surface area contributed by atoms with E-state index in [1.54, 1.807) is 0 Å². The fraction of sp³-hybridized carbons (Fsp3) is 0.364. The van der Waals surface area contributed by atoms with Gasteiger partial charge in [-0.25, -0.2) is 0 Å². The quantitative estimate of drug-likeness (QED) is 0.732. The van der Waals surface area contributed by atoms with Crippen LogP contribution < -0.4 is 0 Å². The van der Waals surface area contributed by atoms with Crippen LogP contribution in [0.25, 0.3) is 0 Å². The van der Waals surface area contributed by atoms with Crippen molar-refractivity contribution in [2.75, 3.05) is 5.75 Å². The molecule has 0 saturated heterocycles. The van der Waals surface area contributed by atoms with Crippen molar-refractivity contribution in [1.82, 2.24) is 0 Å². The number of rotatable bonds is 4. The molecular weight excluding hydrogens is 216 g/mol. The molecule has 14 heavy (non-hydrogen) atoms. The topological polar surface area (TPSA) is 17.1 Å². The van der Waals surface area contributed by atoms with Gasteiger partial charge in [0, 0.05) is 15.8 Å². The summed E-state index contributed by atoms with van der Waals surface area (Å²) in [5.41, 5.74) is 0. The van der Waals surface area contributed by atoms with Gasteiger partial charge in [0.05, 0.1) is 5.75 Å². The van der Waals surface area contributed by atoms with Gasteiger partial charge in [-0.05, 0) is 18.2 Å². The third-order valence-corrected chi connectivity index (χ3v) is 3.07. The minimum Gasteiger partial charge on any atom is -0.298 e. The molecule has 0 N–H and O–H groups in total. The van der Waals surface area contributed by atoms with Gasteiger partial charge in [-0.2, -0.15) is 0 Å². The lowest BCUT2D eigenvalue weighted by atomic mass is 10.1. The fourth-order valence-corrected chi connectivity index (χ4v) is 2.16. The van der Waals surface area contributed by atoms with E-state index in [4.69, 9.17) is 11.6 Å². The first-order valence-corrected chi connectivity index (χ1v) is 5.87. The molecule has 3 heteroatoms. The maximum atomic E-state index is 11.3. The molecule has 1 rings (SSSR count). The summed E-state index contributed by atoms with van der Waals surface area (Å²) >= 11 is 7.36. The van der Waals surface area contributed by atoms with Crippen molar-refractivity contribution in [3.05, 3.63) is 29.3 Å². The molecule has 76 valence electrons. The number of hydrogen-bond acceptors (Lipinski definition) is 2. The Balaban J connectivity index is 2.50. The molecule has 0 saturated carbocycles.